The van der Waals surface area contributed by atoms with Gasteiger partial charge in [0.1, 0.15) is 18.2 Å². The molecule has 0 saturated carbocycles. The predicted molar refractivity (Wildman–Crippen MR) is 103 cm³/mol. The number of imidazole rings is 1. The molecule has 7 heteroatoms. The number of carbonyl (C=O) groups is 1. The lowest BCUT2D eigenvalue weighted by molar-refractivity contribution is 0.102. The Balaban J connectivity index is 1.60. The lowest BCUT2D eigenvalue weighted by Crippen LogP contribution is -2.14. The Hall–Kier alpha value is -2.67. The summed E-state index contributed by atoms with van der Waals surface area (Å²) in [4.78, 5) is 21.1. The van der Waals surface area contributed by atoms with Crippen molar-refractivity contribution in [1.82, 2.24) is 14.5 Å². The molecular formula is C19H22N4O2S. The fraction of sp³-hybridized carbons (Fsp3) is 0.316. The Morgan fingerprint density at radius 2 is 2.00 bits per heavy atom. The van der Waals surface area contributed by atoms with Gasteiger partial charge in [0.15, 0.2) is 5.13 Å². The van der Waals surface area contributed by atoms with Crippen LogP contribution in [0.15, 0.2) is 42.0 Å². The average Bonchev–Trinajstić information content (AvgIpc) is 3.22. The van der Waals surface area contributed by atoms with Crippen molar-refractivity contribution in [3.63, 3.8) is 0 Å². The first-order valence-electron chi connectivity index (χ1n) is 8.29. The van der Waals surface area contributed by atoms with Gasteiger partial charge in [-0.2, -0.15) is 0 Å². The highest BCUT2D eigenvalue weighted by Crippen LogP contribution is 2.26. The SMILES string of the molecule is Cn1ccnc1COc1ccc(C(=O)Nc2nc(C(C)(C)C)cs2)cc1. The molecule has 0 saturated heterocycles. The van der Waals surface area contributed by atoms with E-state index in [2.05, 4.69) is 36.1 Å². The molecule has 3 aromatic rings. The van der Waals surface area contributed by atoms with Crippen LogP contribution in [0, 0.1) is 0 Å². The topological polar surface area (TPSA) is 69.0 Å². The van der Waals surface area contributed by atoms with Gasteiger partial charge >= 0.3 is 0 Å². The molecule has 3 rings (SSSR count). The van der Waals surface area contributed by atoms with Gasteiger partial charge in [0.25, 0.3) is 5.91 Å². The summed E-state index contributed by atoms with van der Waals surface area (Å²) in [5.41, 5.74) is 1.49. The van der Waals surface area contributed by atoms with Crippen molar-refractivity contribution in [2.24, 2.45) is 7.05 Å². The van der Waals surface area contributed by atoms with Crippen molar-refractivity contribution in [3.05, 3.63) is 59.1 Å². The van der Waals surface area contributed by atoms with E-state index in [1.165, 1.54) is 11.3 Å². The summed E-state index contributed by atoms with van der Waals surface area (Å²) in [6, 6.07) is 7.03. The largest absolute Gasteiger partial charge is 0.486 e. The number of hydrogen-bond donors (Lipinski definition) is 1. The van der Waals surface area contributed by atoms with Crippen LogP contribution in [0.3, 0.4) is 0 Å². The predicted octanol–water partition coefficient (Wildman–Crippen LogP) is 4.01. The molecule has 2 aromatic heterocycles. The molecule has 0 spiro atoms. The first-order chi connectivity index (χ1) is 12.3. The van der Waals surface area contributed by atoms with Crippen molar-refractivity contribution in [1.29, 1.82) is 0 Å². The molecule has 0 bridgehead atoms. The molecule has 0 radical (unpaired) electrons. The number of benzene rings is 1. The Morgan fingerprint density at radius 1 is 1.27 bits per heavy atom. The van der Waals surface area contributed by atoms with E-state index in [9.17, 15) is 4.79 Å². The van der Waals surface area contributed by atoms with Crippen molar-refractivity contribution < 1.29 is 9.53 Å². The maximum absolute atomic E-state index is 12.4. The van der Waals surface area contributed by atoms with Crippen LogP contribution in [0.2, 0.25) is 0 Å². The van der Waals surface area contributed by atoms with Gasteiger partial charge in [0.2, 0.25) is 0 Å². The summed E-state index contributed by atoms with van der Waals surface area (Å²) < 4.78 is 7.60. The second-order valence-electron chi connectivity index (χ2n) is 7.01. The van der Waals surface area contributed by atoms with Gasteiger partial charge in [-0.1, -0.05) is 20.8 Å². The molecular weight excluding hydrogens is 348 g/mol. The summed E-state index contributed by atoms with van der Waals surface area (Å²) >= 11 is 1.43. The summed E-state index contributed by atoms with van der Waals surface area (Å²) in [7, 11) is 1.92. The first kappa shape index (κ1) is 18.1. The standard InChI is InChI=1S/C19H22N4O2S/c1-19(2,3)15-12-26-18(21-15)22-17(24)13-5-7-14(8-6-13)25-11-16-20-9-10-23(16)4/h5-10,12H,11H2,1-4H3,(H,21,22,24). The monoisotopic (exact) mass is 370 g/mol. The molecule has 0 fully saturated rings. The van der Waals surface area contributed by atoms with Crippen LogP contribution in [0.1, 0.15) is 42.6 Å². The lowest BCUT2D eigenvalue weighted by atomic mass is 9.93. The van der Waals surface area contributed by atoms with Crippen LogP contribution >= 0.6 is 11.3 Å². The normalized spacial score (nSPS) is 11.4. The maximum atomic E-state index is 12.4. The lowest BCUT2D eigenvalue weighted by Gasteiger charge is -2.14. The van der Waals surface area contributed by atoms with Crippen molar-refractivity contribution >= 4 is 22.4 Å². The van der Waals surface area contributed by atoms with E-state index in [4.69, 9.17) is 4.74 Å². The average molecular weight is 370 g/mol. The number of aromatic nitrogens is 3. The number of amides is 1. The molecule has 1 amide bonds. The van der Waals surface area contributed by atoms with E-state index in [1.807, 2.05) is 23.2 Å². The Morgan fingerprint density at radius 3 is 2.58 bits per heavy atom. The molecule has 26 heavy (non-hydrogen) atoms. The van der Waals surface area contributed by atoms with Crippen LogP contribution in [0.5, 0.6) is 5.75 Å². The van der Waals surface area contributed by atoms with Gasteiger partial charge in [-0.15, -0.1) is 11.3 Å². The van der Waals surface area contributed by atoms with E-state index in [0.717, 1.165) is 11.5 Å². The highest BCUT2D eigenvalue weighted by atomic mass is 32.1. The van der Waals surface area contributed by atoms with E-state index < -0.39 is 0 Å². The number of rotatable bonds is 5. The minimum absolute atomic E-state index is 0.0360. The number of ether oxygens (including phenoxy) is 1. The molecule has 0 aliphatic carbocycles. The number of carbonyl (C=O) groups excluding carboxylic acids is 1. The van der Waals surface area contributed by atoms with E-state index in [0.29, 0.717) is 23.1 Å². The molecule has 0 unspecified atom stereocenters. The highest BCUT2D eigenvalue weighted by Gasteiger charge is 2.18. The number of anilines is 1. The fourth-order valence-corrected chi connectivity index (χ4v) is 3.16. The molecule has 0 aliphatic rings. The second-order valence-corrected chi connectivity index (χ2v) is 7.87. The summed E-state index contributed by atoms with van der Waals surface area (Å²) in [5, 5.41) is 5.43. The number of hydrogen-bond acceptors (Lipinski definition) is 5. The zero-order valence-corrected chi connectivity index (χ0v) is 16.1. The molecule has 1 N–H and O–H groups in total. The maximum Gasteiger partial charge on any atom is 0.257 e. The number of aryl methyl sites for hydroxylation is 1. The van der Waals surface area contributed by atoms with Crippen LogP contribution in [0.25, 0.3) is 0 Å². The Labute approximate surface area is 156 Å². The van der Waals surface area contributed by atoms with Gasteiger partial charge in [0, 0.05) is 35.8 Å². The number of nitrogens with one attached hydrogen (secondary N) is 1. The van der Waals surface area contributed by atoms with Gasteiger partial charge < -0.3 is 9.30 Å². The number of thiazole rings is 1. The molecule has 0 aliphatic heterocycles. The van der Waals surface area contributed by atoms with E-state index in [1.54, 1.807) is 30.5 Å². The van der Waals surface area contributed by atoms with Crippen LogP contribution in [-0.4, -0.2) is 20.4 Å². The third-order valence-electron chi connectivity index (χ3n) is 3.90. The van der Waals surface area contributed by atoms with Crippen LogP contribution in [0.4, 0.5) is 5.13 Å². The third kappa shape index (κ3) is 4.29. The molecule has 136 valence electrons. The smallest absolute Gasteiger partial charge is 0.257 e. The van der Waals surface area contributed by atoms with Crippen LogP contribution < -0.4 is 10.1 Å². The Bertz CT molecular complexity index is 891. The van der Waals surface area contributed by atoms with Crippen molar-refractivity contribution in [3.8, 4) is 5.75 Å². The minimum atomic E-state index is -0.185. The molecule has 0 atom stereocenters. The van der Waals surface area contributed by atoms with E-state index in [-0.39, 0.29) is 11.3 Å². The van der Waals surface area contributed by atoms with Gasteiger partial charge in [0.05, 0.1) is 5.69 Å². The fourth-order valence-electron chi connectivity index (χ4n) is 2.23. The molecule has 1 aromatic carbocycles. The summed E-state index contributed by atoms with van der Waals surface area (Å²) in [6.07, 6.45) is 3.60. The molecule has 6 nitrogen and oxygen atoms in total. The highest BCUT2D eigenvalue weighted by molar-refractivity contribution is 7.14. The summed E-state index contributed by atoms with van der Waals surface area (Å²) in [6.45, 7) is 6.66. The second kappa shape index (κ2) is 7.29. The molecule has 2 heterocycles. The van der Waals surface area contributed by atoms with E-state index >= 15 is 0 Å². The Kier molecular flexibility index (Phi) is 5.08. The first-order valence-corrected chi connectivity index (χ1v) is 9.17. The third-order valence-corrected chi connectivity index (χ3v) is 4.66. The van der Waals surface area contributed by atoms with Gasteiger partial charge in [-0.25, -0.2) is 9.97 Å². The number of nitrogens with zero attached hydrogens (tertiary/aromatic N) is 3. The zero-order valence-electron chi connectivity index (χ0n) is 15.3. The van der Waals surface area contributed by atoms with Gasteiger partial charge in [-0.3, -0.25) is 10.1 Å². The minimum Gasteiger partial charge on any atom is -0.486 e. The van der Waals surface area contributed by atoms with Crippen molar-refractivity contribution in [2.75, 3.05) is 5.32 Å². The quantitative estimate of drug-likeness (QED) is 0.737. The van der Waals surface area contributed by atoms with Crippen LogP contribution in [-0.2, 0) is 19.1 Å². The summed E-state index contributed by atoms with van der Waals surface area (Å²) in [5.74, 6) is 1.34. The van der Waals surface area contributed by atoms with Crippen molar-refractivity contribution in [2.45, 2.75) is 32.8 Å². The zero-order chi connectivity index (χ0) is 18.7. The van der Waals surface area contributed by atoms with Gasteiger partial charge in [-0.05, 0) is 24.3 Å².